The van der Waals surface area contributed by atoms with Gasteiger partial charge in [0.1, 0.15) is 11.5 Å². The Kier molecular flexibility index (Phi) is 7.13. The number of nitrogens with zero attached hydrogens (tertiary/aromatic N) is 4. The highest BCUT2D eigenvalue weighted by Gasteiger charge is 2.44. The van der Waals surface area contributed by atoms with Gasteiger partial charge in [-0.15, -0.1) is 0 Å². The number of alkyl halides is 3. The van der Waals surface area contributed by atoms with Crippen LogP contribution in [0.5, 0.6) is 0 Å². The molecule has 39 heavy (non-hydrogen) atoms. The number of halogens is 3. The minimum Gasteiger partial charge on any atom is -0.355 e. The number of likely N-dealkylation sites (tertiary alicyclic amines) is 1. The van der Waals surface area contributed by atoms with E-state index in [0.29, 0.717) is 38.5 Å². The van der Waals surface area contributed by atoms with Gasteiger partial charge in [0, 0.05) is 61.5 Å². The number of aliphatic imine (C=N–C) groups is 1. The number of rotatable bonds is 4. The van der Waals surface area contributed by atoms with Gasteiger partial charge >= 0.3 is 6.18 Å². The summed E-state index contributed by atoms with van der Waals surface area (Å²) >= 11 is 0. The molecule has 7 nitrogen and oxygen atoms in total. The maximum atomic E-state index is 13.9. The summed E-state index contributed by atoms with van der Waals surface area (Å²) < 4.78 is 41.6. The molecular weight excluding hydrogens is 503 g/mol. The summed E-state index contributed by atoms with van der Waals surface area (Å²) in [4.78, 5) is 13.2. The van der Waals surface area contributed by atoms with Gasteiger partial charge in [-0.25, -0.2) is 9.98 Å². The zero-order chi connectivity index (χ0) is 28.0. The minimum absolute atomic E-state index is 0.0533. The molecule has 3 aliphatic heterocycles. The zero-order valence-corrected chi connectivity index (χ0v) is 22.9. The first kappa shape index (κ1) is 27.5. The van der Waals surface area contributed by atoms with Crippen LogP contribution < -0.4 is 21.7 Å². The van der Waals surface area contributed by atoms with Gasteiger partial charge in [0.2, 0.25) is 5.96 Å². The summed E-state index contributed by atoms with van der Waals surface area (Å²) in [5.74, 6) is 0.673. The van der Waals surface area contributed by atoms with Crippen molar-refractivity contribution in [2.24, 2.45) is 16.5 Å². The van der Waals surface area contributed by atoms with Crippen molar-refractivity contribution < 1.29 is 13.2 Å². The van der Waals surface area contributed by atoms with Crippen LogP contribution in [0.3, 0.4) is 0 Å². The molecule has 1 aromatic carbocycles. The first-order valence-corrected chi connectivity index (χ1v) is 13.7. The normalized spacial score (nSPS) is 24.3. The number of guanidine groups is 1. The van der Waals surface area contributed by atoms with Crippen LogP contribution in [0.4, 0.5) is 19.0 Å². The molecule has 210 valence electrons. The van der Waals surface area contributed by atoms with Crippen LogP contribution in [0.1, 0.15) is 63.1 Å². The number of pyridine rings is 1. The summed E-state index contributed by atoms with van der Waals surface area (Å²) in [6.07, 6.45) is -0.0568. The smallest absolute Gasteiger partial charge is 0.355 e. The molecule has 5 N–H and O–H groups in total. The minimum atomic E-state index is -4.49. The molecule has 2 unspecified atom stereocenters. The SMILES string of the molecule is CC1CCCN1C1=NC2=C(CCN(c3ncccc3C(F)(F)F)CC2)C(N)(c2ccccc2C(C)(C)CN)N1. The number of hydrogen-bond acceptors (Lipinski definition) is 7. The summed E-state index contributed by atoms with van der Waals surface area (Å²) in [5.41, 5.74) is 15.1. The van der Waals surface area contributed by atoms with E-state index >= 15 is 0 Å². The Balaban J connectivity index is 1.59. The fraction of sp³-hybridized carbons (Fsp3) is 0.517. The fourth-order valence-corrected chi connectivity index (χ4v) is 6.07. The quantitative estimate of drug-likeness (QED) is 0.530. The predicted octanol–water partition coefficient (Wildman–Crippen LogP) is 4.45. The second kappa shape index (κ2) is 10.1. The first-order valence-electron chi connectivity index (χ1n) is 13.7. The van der Waals surface area contributed by atoms with Crippen molar-refractivity contribution in [1.82, 2.24) is 15.2 Å². The predicted molar refractivity (Wildman–Crippen MR) is 148 cm³/mol. The summed E-state index contributed by atoms with van der Waals surface area (Å²) in [7, 11) is 0. The van der Waals surface area contributed by atoms with Crippen molar-refractivity contribution >= 4 is 11.8 Å². The number of benzene rings is 1. The maximum Gasteiger partial charge on any atom is 0.419 e. The summed E-state index contributed by atoms with van der Waals surface area (Å²) in [6, 6.07) is 10.8. The molecule has 0 aliphatic carbocycles. The van der Waals surface area contributed by atoms with Gasteiger partial charge in [-0.1, -0.05) is 38.1 Å². The lowest BCUT2D eigenvalue weighted by Crippen LogP contribution is -2.61. The van der Waals surface area contributed by atoms with Crippen molar-refractivity contribution in [3.8, 4) is 0 Å². The average molecular weight is 542 g/mol. The average Bonchev–Trinajstić information content (AvgIpc) is 3.22. The standard InChI is InChI=1S/C29H38F3N7/c1-19-8-7-15-39(19)26-36-24-13-17-38(25-23(29(30,31)32)11-6-14-35-25)16-12-22(24)28(34,37-26)21-10-5-4-9-20(21)27(2,3)18-33/h4-6,9-11,14,19H,7-8,12-13,15-18,33-34H2,1-3H3,(H,36,37). The molecule has 10 heteroatoms. The number of aromatic nitrogens is 1. The molecule has 2 atom stereocenters. The van der Waals surface area contributed by atoms with Gasteiger partial charge in [0.05, 0.1) is 5.56 Å². The largest absolute Gasteiger partial charge is 0.419 e. The van der Waals surface area contributed by atoms with Gasteiger partial charge in [-0.3, -0.25) is 0 Å². The molecule has 0 amide bonds. The highest BCUT2D eigenvalue weighted by Crippen LogP contribution is 2.42. The molecule has 0 saturated carbocycles. The second-order valence-electron chi connectivity index (χ2n) is 11.5. The summed E-state index contributed by atoms with van der Waals surface area (Å²) in [6.45, 7) is 8.38. The molecule has 3 aliphatic rings. The van der Waals surface area contributed by atoms with Gasteiger partial charge in [0.25, 0.3) is 0 Å². The van der Waals surface area contributed by atoms with Crippen molar-refractivity contribution in [3.63, 3.8) is 0 Å². The molecule has 5 rings (SSSR count). The van der Waals surface area contributed by atoms with Crippen molar-refractivity contribution in [2.75, 3.05) is 31.1 Å². The Morgan fingerprint density at radius 3 is 2.46 bits per heavy atom. The first-order chi connectivity index (χ1) is 18.5. The van der Waals surface area contributed by atoms with Crippen LogP contribution in [0.15, 0.2) is 58.9 Å². The van der Waals surface area contributed by atoms with Crippen molar-refractivity contribution in [1.29, 1.82) is 0 Å². The Hall–Kier alpha value is -3.11. The molecule has 0 radical (unpaired) electrons. The highest BCUT2D eigenvalue weighted by molar-refractivity contribution is 5.85. The molecule has 0 bridgehead atoms. The van der Waals surface area contributed by atoms with Gasteiger partial charge < -0.3 is 26.6 Å². The number of anilines is 1. The lowest BCUT2D eigenvalue weighted by Gasteiger charge is -2.44. The third-order valence-corrected chi connectivity index (χ3v) is 8.43. The molecule has 4 heterocycles. The van der Waals surface area contributed by atoms with Gasteiger partial charge in [0.15, 0.2) is 0 Å². The fourth-order valence-electron chi connectivity index (χ4n) is 6.07. The Labute approximate surface area is 228 Å². The van der Waals surface area contributed by atoms with Crippen molar-refractivity contribution in [3.05, 3.63) is 70.6 Å². The van der Waals surface area contributed by atoms with Crippen LogP contribution in [0.2, 0.25) is 0 Å². The van der Waals surface area contributed by atoms with E-state index in [-0.39, 0.29) is 11.2 Å². The van der Waals surface area contributed by atoms with Crippen LogP contribution in [-0.4, -0.2) is 48.1 Å². The molecule has 1 saturated heterocycles. The van der Waals surface area contributed by atoms with E-state index in [1.807, 2.05) is 18.2 Å². The van der Waals surface area contributed by atoms with E-state index in [2.05, 4.69) is 42.0 Å². The van der Waals surface area contributed by atoms with E-state index < -0.39 is 17.4 Å². The number of nitrogens with two attached hydrogens (primary N) is 2. The Bertz CT molecular complexity index is 1290. The van der Waals surface area contributed by atoms with Crippen LogP contribution >= 0.6 is 0 Å². The lowest BCUT2D eigenvalue weighted by atomic mass is 9.75. The van der Waals surface area contributed by atoms with Crippen molar-refractivity contribution in [2.45, 2.75) is 69.8 Å². The highest BCUT2D eigenvalue weighted by atomic mass is 19.4. The van der Waals surface area contributed by atoms with Crippen LogP contribution in [0.25, 0.3) is 0 Å². The Morgan fingerprint density at radius 2 is 1.77 bits per heavy atom. The molecular formula is C29H38F3N7. The van der Waals surface area contributed by atoms with Crippen LogP contribution in [0, 0.1) is 0 Å². The molecule has 1 fully saturated rings. The zero-order valence-electron chi connectivity index (χ0n) is 22.9. The van der Waals surface area contributed by atoms with Crippen LogP contribution in [-0.2, 0) is 17.3 Å². The summed E-state index contributed by atoms with van der Waals surface area (Å²) in [5, 5.41) is 3.61. The van der Waals surface area contributed by atoms with E-state index in [9.17, 15) is 13.2 Å². The maximum absolute atomic E-state index is 13.9. The van der Waals surface area contributed by atoms with Gasteiger partial charge in [-0.2, -0.15) is 13.2 Å². The lowest BCUT2D eigenvalue weighted by molar-refractivity contribution is -0.137. The van der Waals surface area contributed by atoms with E-state index in [1.54, 1.807) is 4.90 Å². The third-order valence-electron chi connectivity index (χ3n) is 8.43. The number of hydrogen-bond donors (Lipinski definition) is 3. The topological polar surface area (TPSA) is 95.8 Å². The molecule has 1 aromatic heterocycles. The molecule has 0 spiro atoms. The van der Waals surface area contributed by atoms with E-state index in [1.165, 1.54) is 12.3 Å². The van der Waals surface area contributed by atoms with E-state index in [0.717, 1.165) is 53.8 Å². The van der Waals surface area contributed by atoms with Gasteiger partial charge in [-0.05, 0) is 49.5 Å². The Morgan fingerprint density at radius 1 is 1.05 bits per heavy atom. The third kappa shape index (κ3) is 5.00. The number of nitrogens with one attached hydrogen (secondary N) is 1. The molecule has 2 aromatic rings. The van der Waals surface area contributed by atoms with E-state index in [4.69, 9.17) is 16.5 Å². The monoisotopic (exact) mass is 541 g/mol. The second-order valence-corrected chi connectivity index (χ2v) is 11.5.